The van der Waals surface area contributed by atoms with Crippen LogP contribution in [0.1, 0.15) is 40.1 Å². The molecule has 0 saturated carbocycles. The Morgan fingerprint density at radius 3 is 2.42 bits per heavy atom. The molecule has 36 heavy (non-hydrogen) atoms. The second kappa shape index (κ2) is 9.40. The van der Waals surface area contributed by atoms with Gasteiger partial charge in [0.15, 0.2) is 11.7 Å². The van der Waals surface area contributed by atoms with Crippen molar-refractivity contribution in [3.63, 3.8) is 0 Å². The number of piperazine rings is 1. The maximum absolute atomic E-state index is 14.0. The van der Waals surface area contributed by atoms with Crippen molar-refractivity contribution in [1.29, 1.82) is 0 Å². The summed E-state index contributed by atoms with van der Waals surface area (Å²) >= 11 is 0. The molecule has 0 aliphatic carbocycles. The molecule has 2 atom stereocenters. The Bertz CT molecular complexity index is 1230. The second-order valence-electron chi connectivity index (χ2n) is 9.21. The summed E-state index contributed by atoms with van der Waals surface area (Å²) in [5.74, 6) is 0.586. The standard InChI is InChI=1S/C26H28F3N5O2/c1-17-7-9-18(10-8-17)19-15-23(26(27,28)29)34-24(30-19)16-20(31-34)25(35)33-13-11-32(12-14-33)21-5-3-4-6-22(21)36-2/h3-10,16,19,23,30H,11-15H2,1-2H3. The predicted octanol–water partition coefficient (Wildman–Crippen LogP) is 4.82. The number of anilines is 2. The molecule has 7 nitrogen and oxygen atoms in total. The lowest BCUT2D eigenvalue weighted by Gasteiger charge is -2.36. The molecule has 0 spiro atoms. The lowest BCUT2D eigenvalue weighted by Crippen LogP contribution is -2.49. The van der Waals surface area contributed by atoms with Gasteiger partial charge in [-0.15, -0.1) is 0 Å². The van der Waals surface area contributed by atoms with Crippen LogP contribution >= 0.6 is 0 Å². The zero-order valence-corrected chi connectivity index (χ0v) is 20.1. The number of halogens is 3. The fourth-order valence-corrected chi connectivity index (χ4v) is 4.90. The summed E-state index contributed by atoms with van der Waals surface area (Å²) in [5.41, 5.74) is 2.76. The molecule has 0 bridgehead atoms. The topological polar surface area (TPSA) is 62.6 Å². The van der Waals surface area contributed by atoms with Crippen LogP contribution in [-0.2, 0) is 0 Å². The maximum atomic E-state index is 14.0. The Balaban J connectivity index is 1.34. The predicted molar refractivity (Wildman–Crippen MR) is 131 cm³/mol. The normalized spacial score (nSPS) is 20.0. The van der Waals surface area contributed by atoms with Crippen molar-refractivity contribution < 1.29 is 22.7 Å². The number of amides is 1. The fourth-order valence-electron chi connectivity index (χ4n) is 4.90. The first kappa shape index (κ1) is 24.0. The molecule has 190 valence electrons. The van der Waals surface area contributed by atoms with Crippen molar-refractivity contribution in [2.45, 2.75) is 31.6 Å². The van der Waals surface area contributed by atoms with Crippen LogP contribution in [0.2, 0.25) is 0 Å². The number of hydrogen-bond donors (Lipinski definition) is 1. The molecule has 2 aliphatic heterocycles. The van der Waals surface area contributed by atoms with Crippen molar-refractivity contribution in [2.24, 2.45) is 0 Å². The summed E-state index contributed by atoms with van der Waals surface area (Å²) < 4.78 is 48.4. The Morgan fingerprint density at radius 1 is 1.06 bits per heavy atom. The average molecular weight is 500 g/mol. The van der Waals surface area contributed by atoms with E-state index >= 15 is 0 Å². The van der Waals surface area contributed by atoms with E-state index in [1.807, 2.05) is 55.5 Å². The third-order valence-corrected chi connectivity index (χ3v) is 6.88. The number of nitrogens with one attached hydrogen (secondary N) is 1. The largest absolute Gasteiger partial charge is 0.495 e. The van der Waals surface area contributed by atoms with Crippen molar-refractivity contribution in [2.75, 3.05) is 43.5 Å². The van der Waals surface area contributed by atoms with Crippen LogP contribution in [0.3, 0.4) is 0 Å². The lowest BCUT2D eigenvalue weighted by molar-refractivity contribution is -0.173. The van der Waals surface area contributed by atoms with Gasteiger partial charge in [-0.1, -0.05) is 42.0 Å². The van der Waals surface area contributed by atoms with E-state index in [0.717, 1.165) is 27.2 Å². The van der Waals surface area contributed by atoms with Crippen molar-refractivity contribution in [3.8, 4) is 5.75 Å². The Kier molecular flexibility index (Phi) is 6.27. The number of alkyl halides is 3. The molecule has 1 fully saturated rings. The minimum Gasteiger partial charge on any atom is -0.495 e. The molecule has 10 heteroatoms. The number of methoxy groups -OCH3 is 1. The molecule has 1 amide bonds. The van der Waals surface area contributed by atoms with Gasteiger partial charge in [0.05, 0.1) is 18.8 Å². The molecular weight excluding hydrogens is 471 g/mol. The quantitative estimate of drug-likeness (QED) is 0.558. The minimum absolute atomic E-state index is 0.0158. The Labute approximate surface area is 207 Å². The van der Waals surface area contributed by atoms with E-state index in [1.165, 1.54) is 6.07 Å². The number of rotatable bonds is 4. The number of carbonyl (C=O) groups is 1. The van der Waals surface area contributed by atoms with Gasteiger partial charge in [-0.2, -0.15) is 18.3 Å². The number of aryl methyl sites for hydroxylation is 1. The van der Waals surface area contributed by atoms with Crippen LogP contribution in [0.25, 0.3) is 0 Å². The number of para-hydroxylation sites is 2. The van der Waals surface area contributed by atoms with E-state index in [2.05, 4.69) is 15.3 Å². The summed E-state index contributed by atoms with van der Waals surface area (Å²) in [6, 6.07) is 14.2. The summed E-state index contributed by atoms with van der Waals surface area (Å²) in [5, 5.41) is 7.29. The van der Waals surface area contributed by atoms with Gasteiger partial charge >= 0.3 is 6.18 Å². The van der Waals surface area contributed by atoms with Gasteiger partial charge in [-0.25, -0.2) is 4.68 Å². The monoisotopic (exact) mass is 499 g/mol. The first-order valence-electron chi connectivity index (χ1n) is 11.9. The van der Waals surface area contributed by atoms with Crippen LogP contribution in [0, 0.1) is 6.92 Å². The maximum Gasteiger partial charge on any atom is 0.410 e. The number of ether oxygens (including phenoxy) is 1. The average Bonchev–Trinajstić information content (AvgIpc) is 3.32. The smallest absolute Gasteiger partial charge is 0.410 e. The molecule has 0 radical (unpaired) electrons. The third kappa shape index (κ3) is 4.59. The highest BCUT2D eigenvalue weighted by Crippen LogP contribution is 2.43. The summed E-state index contributed by atoms with van der Waals surface area (Å²) in [6.07, 6.45) is -4.70. The molecule has 1 aromatic heterocycles. The molecule has 5 rings (SSSR count). The fraction of sp³-hybridized carbons (Fsp3) is 0.385. The first-order chi connectivity index (χ1) is 17.2. The van der Waals surface area contributed by atoms with E-state index in [9.17, 15) is 18.0 Å². The summed E-state index contributed by atoms with van der Waals surface area (Å²) in [4.78, 5) is 17.0. The van der Waals surface area contributed by atoms with Gasteiger partial charge in [0, 0.05) is 38.7 Å². The van der Waals surface area contributed by atoms with Crippen molar-refractivity contribution in [1.82, 2.24) is 14.7 Å². The number of nitrogens with zero attached hydrogens (tertiary/aromatic N) is 4. The van der Waals surface area contributed by atoms with Crippen LogP contribution < -0.4 is 15.0 Å². The molecule has 1 N–H and O–H groups in total. The van der Waals surface area contributed by atoms with Crippen molar-refractivity contribution >= 4 is 17.4 Å². The summed E-state index contributed by atoms with van der Waals surface area (Å²) in [7, 11) is 1.62. The third-order valence-electron chi connectivity index (χ3n) is 6.88. The van der Waals surface area contributed by atoms with Crippen LogP contribution in [0.4, 0.5) is 24.7 Å². The molecular formula is C26H28F3N5O2. The Morgan fingerprint density at radius 2 is 1.75 bits per heavy atom. The Hall–Kier alpha value is -3.69. The number of hydrogen-bond acceptors (Lipinski definition) is 5. The van der Waals surface area contributed by atoms with Crippen LogP contribution in [-0.4, -0.2) is 60.1 Å². The van der Waals surface area contributed by atoms with E-state index in [-0.39, 0.29) is 23.8 Å². The number of fused-ring (bicyclic) bond motifs is 1. The van der Waals surface area contributed by atoms with E-state index < -0.39 is 18.3 Å². The highest BCUT2D eigenvalue weighted by molar-refractivity contribution is 5.93. The van der Waals surface area contributed by atoms with Gasteiger partial charge in [0.1, 0.15) is 11.6 Å². The van der Waals surface area contributed by atoms with Crippen LogP contribution in [0.5, 0.6) is 5.75 Å². The van der Waals surface area contributed by atoms with Gasteiger partial charge in [0.2, 0.25) is 0 Å². The van der Waals surface area contributed by atoms with E-state index in [1.54, 1.807) is 12.0 Å². The van der Waals surface area contributed by atoms with Gasteiger partial charge in [-0.3, -0.25) is 4.79 Å². The van der Waals surface area contributed by atoms with Gasteiger partial charge in [-0.05, 0) is 24.6 Å². The van der Waals surface area contributed by atoms with Gasteiger partial charge < -0.3 is 19.9 Å². The molecule has 2 aliphatic rings. The SMILES string of the molecule is COc1ccccc1N1CCN(C(=O)c2cc3n(n2)C(C(F)(F)F)CC(c2ccc(C)cc2)N3)CC1. The second-order valence-corrected chi connectivity index (χ2v) is 9.21. The number of carbonyl (C=O) groups excluding carboxylic acids is 1. The van der Waals surface area contributed by atoms with Crippen LogP contribution in [0.15, 0.2) is 54.6 Å². The highest BCUT2D eigenvalue weighted by Gasteiger charge is 2.47. The first-order valence-corrected chi connectivity index (χ1v) is 11.9. The number of benzene rings is 2. The van der Waals surface area contributed by atoms with E-state index in [4.69, 9.17) is 4.74 Å². The summed E-state index contributed by atoms with van der Waals surface area (Å²) in [6.45, 7) is 3.96. The molecule has 3 heterocycles. The molecule has 1 saturated heterocycles. The zero-order valence-electron chi connectivity index (χ0n) is 20.1. The van der Waals surface area contributed by atoms with Crippen molar-refractivity contribution in [3.05, 3.63) is 71.4 Å². The lowest BCUT2D eigenvalue weighted by atomic mass is 9.96. The molecule has 3 aromatic rings. The molecule has 2 unspecified atom stereocenters. The van der Waals surface area contributed by atoms with Gasteiger partial charge in [0.25, 0.3) is 5.91 Å². The number of aromatic nitrogens is 2. The molecule has 2 aromatic carbocycles. The van der Waals surface area contributed by atoms with E-state index in [0.29, 0.717) is 26.2 Å². The highest BCUT2D eigenvalue weighted by atomic mass is 19.4. The zero-order chi connectivity index (χ0) is 25.4. The minimum atomic E-state index is -4.49.